The van der Waals surface area contributed by atoms with E-state index in [1.807, 2.05) is 0 Å². The van der Waals surface area contributed by atoms with Crippen molar-refractivity contribution >= 4 is 18.7 Å². The topological polar surface area (TPSA) is 61.7 Å². The quantitative estimate of drug-likeness (QED) is 0.445. The van der Waals surface area contributed by atoms with E-state index < -0.39 is 7.12 Å². The Kier molecular flexibility index (Phi) is 4.19. The summed E-state index contributed by atoms with van der Waals surface area (Å²) in [5.41, 5.74) is 3.97. The van der Waals surface area contributed by atoms with Gasteiger partial charge in [-0.2, -0.15) is 0 Å². The predicted molar refractivity (Wildman–Crippen MR) is 55.4 cm³/mol. The monoisotopic (exact) mass is 193 g/mol. The van der Waals surface area contributed by atoms with Gasteiger partial charge in [0.1, 0.15) is 0 Å². The summed E-state index contributed by atoms with van der Waals surface area (Å²) in [5, 5.41) is 17.7. The molecule has 14 heavy (non-hydrogen) atoms. The zero-order chi connectivity index (χ0) is 10.4. The lowest BCUT2D eigenvalue weighted by Crippen LogP contribution is -2.29. The Balaban J connectivity index is 2.64. The van der Waals surface area contributed by atoms with E-state index >= 15 is 0 Å². The first-order chi connectivity index (χ1) is 6.74. The lowest BCUT2D eigenvalue weighted by molar-refractivity contribution is 0.129. The summed E-state index contributed by atoms with van der Waals surface area (Å²) in [7, 11) is 0.111. The molecule has 3 N–H and O–H groups in total. The Hall–Kier alpha value is -1.30. The smallest absolute Gasteiger partial charge is 0.423 e. The summed E-state index contributed by atoms with van der Waals surface area (Å²) in [4.78, 5) is 4.61. The second-order valence-electron chi connectivity index (χ2n) is 2.70. The second-order valence-corrected chi connectivity index (χ2v) is 2.70. The van der Waals surface area contributed by atoms with E-state index in [9.17, 15) is 0 Å². The van der Waals surface area contributed by atoms with E-state index in [4.69, 9.17) is 10.0 Å². The van der Waals surface area contributed by atoms with E-state index in [1.54, 1.807) is 36.5 Å². The minimum Gasteiger partial charge on any atom is -0.423 e. The number of benzene rings is 1. The molecule has 0 aliphatic heterocycles. The van der Waals surface area contributed by atoms with Crippen LogP contribution in [0, 0.1) is 0 Å². The average Bonchev–Trinajstić information content (AvgIpc) is 2.19. The van der Waals surface area contributed by atoms with Crippen LogP contribution in [0.15, 0.2) is 30.5 Å². The van der Waals surface area contributed by atoms with Crippen molar-refractivity contribution in [2.75, 3.05) is 7.11 Å². The summed E-state index contributed by atoms with van der Waals surface area (Å²) in [6.07, 6.45) is 3.45. The number of hydrogen-bond acceptors (Lipinski definition) is 4. The molecule has 1 aromatic carbocycles. The number of hydrogen-bond donors (Lipinski definition) is 3. The highest BCUT2D eigenvalue weighted by Crippen LogP contribution is 1.99. The van der Waals surface area contributed by atoms with Gasteiger partial charge in [0, 0.05) is 6.20 Å². The normalized spacial score (nSPS) is 10.5. The summed E-state index contributed by atoms with van der Waals surface area (Å²) in [5.74, 6) is 0. The fourth-order valence-corrected chi connectivity index (χ4v) is 0.978. The molecule has 0 saturated carbocycles. The van der Waals surface area contributed by atoms with Gasteiger partial charge >= 0.3 is 7.12 Å². The molecule has 74 valence electrons. The van der Waals surface area contributed by atoms with Gasteiger partial charge in [0.25, 0.3) is 0 Å². The van der Waals surface area contributed by atoms with E-state index in [0.717, 1.165) is 5.56 Å². The Bertz CT molecular complexity index is 297. The van der Waals surface area contributed by atoms with Gasteiger partial charge in [0.05, 0.1) is 7.11 Å². The SMILES string of the molecule is CONC=Cc1ccc(B(O)O)cc1. The van der Waals surface area contributed by atoms with Crippen LogP contribution >= 0.6 is 0 Å². The van der Waals surface area contributed by atoms with E-state index in [1.165, 1.54) is 7.11 Å². The van der Waals surface area contributed by atoms with E-state index in [2.05, 4.69) is 10.3 Å². The van der Waals surface area contributed by atoms with Crippen molar-refractivity contribution in [3.63, 3.8) is 0 Å². The van der Waals surface area contributed by atoms with Gasteiger partial charge in [0.2, 0.25) is 0 Å². The molecule has 4 nitrogen and oxygen atoms in total. The highest BCUT2D eigenvalue weighted by Gasteiger charge is 2.08. The van der Waals surface area contributed by atoms with Crippen LogP contribution in [-0.2, 0) is 4.84 Å². The molecule has 0 fully saturated rings. The Morgan fingerprint density at radius 3 is 2.43 bits per heavy atom. The Morgan fingerprint density at radius 2 is 1.93 bits per heavy atom. The van der Waals surface area contributed by atoms with Crippen LogP contribution in [0.1, 0.15) is 5.56 Å². The maximum Gasteiger partial charge on any atom is 0.488 e. The van der Waals surface area contributed by atoms with Crippen LogP contribution in [0.25, 0.3) is 6.08 Å². The molecule has 1 rings (SSSR count). The van der Waals surface area contributed by atoms with Gasteiger partial charge in [-0.15, -0.1) is 0 Å². The Labute approximate surface area is 82.9 Å². The molecular weight excluding hydrogens is 181 g/mol. The number of nitrogens with one attached hydrogen (secondary N) is 1. The van der Waals surface area contributed by atoms with Crippen LogP contribution in [-0.4, -0.2) is 24.3 Å². The summed E-state index contributed by atoms with van der Waals surface area (Å²) in [6.45, 7) is 0. The maximum atomic E-state index is 8.83. The van der Waals surface area contributed by atoms with Crippen LogP contribution < -0.4 is 10.9 Å². The largest absolute Gasteiger partial charge is 0.488 e. The van der Waals surface area contributed by atoms with Gasteiger partial charge in [-0.25, -0.2) is 0 Å². The fraction of sp³-hybridized carbons (Fsp3) is 0.111. The van der Waals surface area contributed by atoms with Crippen LogP contribution in [0.5, 0.6) is 0 Å². The standard InChI is InChI=1S/C9H12BNO3/c1-14-11-7-6-8-2-4-9(5-3-8)10(12)13/h2-7,11-13H,1H3. The van der Waals surface area contributed by atoms with Crippen molar-refractivity contribution in [2.24, 2.45) is 0 Å². The fourth-order valence-electron chi connectivity index (χ4n) is 0.978. The van der Waals surface area contributed by atoms with Crippen molar-refractivity contribution in [2.45, 2.75) is 0 Å². The van der Waals surface area contributed by atoms with Crippen molar-refractivity contribution < 1.29 is 14.9 Å². The summed E-state index contributed by atoms with van der Waals surface area (Å²) >= 11 is 0. The van der Waals surface area contributed by atoms with Gasteiger partial charge in [0.15, 0.2) is 0 Å². The molecule has 0 aliphatic rings. The number of rotatable bonds is 4. The molecule has 0 aliphatic carbocycles. The first kappa shape index (κ1) is 10.8. The lowest BCUT2D eigenvalue weighted by atomic mass is 9.80. The van der Waals surface area contributed by atoms with Crippen molar-refractivity contribution in [3.05, 3.63) is 36.0 Å². The molecule has 0 atom stereocenters. The minimum absolute atomic E-state index is 0.474. The summed E-state index contributed by atoms with van der Waals surface area (Å²) in [6, 6.07) is 6.86. The molecule has 0 saturated heterocycles. The molecule has 0 bridgehead atoms. The maximum absolute atomic E-state index is 8.83. The first-order valence-electron chi connectivity index (χ1n) is 4.15. The molecule has 0 spiro atoms. The third kappa shape index (κ3) is 3.22. The zero-order valence-electron chi connectivity index (χ0n) is 7.84. The highest BCUT2D eigenvalue weighted by molar-refractivity contribution is 6.58. The first-order valence-corrected chi connectivity index (χ1v) is 4.15. The average molecular weight is 193 g/mol. The van der Waals surface area contributed by atoms with Crippen LogP contribution in [0.3, 0.4) is 0 Å². The Morgan fingerprint density at radius 1 is 1.29 bits per heavy atom. The zero-order valence-corrected chi connectivity index (χ0v) is 7.84. The molecule has 0 radical (unpaired) electrons. The molecule has 5 heteroatoms. The van der Waals surface area contributed by atoms with Crippen molar-refractivity contribution in [3.8, 4) is 0 Å². The lowest BCUT2D eigenvalue weighted by Gasteiger charge is -1.99. The van der Waals surface area contributed by atoms with Crippen LogP contribution in [0.2, 0.25) is 0 Å². The summed E-state index contributed by atoms with van der Waals surface area (Å²) < 4.78 is 0. The van der Waals surface area contributed by atoms with E-state index in [-0.39, 0.29) is 0 Å². The van der Waals surface area contributed by atoms with Crippen LogP contribution in [0.4, 0.5) is 0 Å². The second kappa shape index (κ2) is 5.44. The molecule has 0 amide bonds. The van der Waals surface area contributed by atoms with Gasteiger partial charge < -0.3 is 10.0 Å². The van der Waals surface area contributed by atoms with Crippen molar-refractivity contribution in [1.82, 2.24) is 5.48 Å². The number of hydroxylamine groups is 1. The highest BCUT2D eigenvalue weighted by atomic mass is 16.6. The van der Waals surface area contributed by atoms with Crippen molar-refractivity contribution in [1.29, 1.82) is 0 Å². The molecule has 1 aromatic rings. The molecular formula is C9H12BNO3. The third-order valence-corrected chi connectivity index (χ3v) is 1.70. The van der Waals surface area contributed by atoms with Gasteiger partial charge in [-0.1, -0.05) is 24.3 Å². The minimum atomic E-state index is -1.41. The third-order valence-electron chi connectivity index (χ3n) is 1.70. The molecule has 0 aromatic heterocycles. The molecule has 0 unspecified atom stereocenters. The van der Waals surface area contributed by atoms with E-state index in [0.29, 0.717) is 5.46 Å². The van der Waals surface area contributed by atoms with Gasteiger partial charge in [-0.3, -0.25) is 10.3 Å². The predicted octanol–water partition coefficient (Wildman–Crippen LogP) is -0.512. The van der Waals surface area contributed by atoms with Gasteiger partial charge in [-0.05, 0) is 17.1 Å². The molecule has 0 heterocycles.